The number of carbonyl (C=O) groups is 1. The summed E-state index contributed by atoms with van der Waals surface area (Å²) in [6, 6.07) is 8.00. The molecule has 0 spiro atoms. The van der Waals surface area contributed by atoms with Crippen molar-refractivity contribution in [1.29, 1.82) is 0 Å². The quantitative estimate of drug-likeness (QED) is 0.174. The second-order valence-corrected chi connectivity index (χ2v) is 9.70. The van der Waals surface area contributed by atoms with Gasteiger partial charge in [-0.05, 0) is 43.4 Å². The number of ether oxygens (including phenoxy) is 2. The average Bonchev–Trinajstić information content (AvgIpc) is 2.86. The SMILES string of the molecule is CCCCCCCCCCOC1(c2ccccc2OCCCC(C)CC)C=CC(C(=O)O)C=C1. The first-order chi connectivity index (χ1) is 16.5. The number of carboxylic acid groups (broad SMARTS) is 1. The molecule has 0 heterocycles. The summed E-state index contributed by atoms with van der Waals surface area (Å²) in [6.45, 7) is 8.04. The third-order valence-corrected chi connectivity index (χ3v) is 6.83. The van der Waals surface area contributed by atoms with Gasteiger partial charge in [0, 0.05) is 12.2 Å². The highest BCUT2D eigenvalue weighted by Gasteiger charge is 2.34. The fourth-order valence-electron chi connectivity index (χ4n) is 4.34. The molecule has 1 aromatic rings. The maximum Gasteiger partial charge on any atom is 0.314 e. The fourth-order valence-corrected chi connectivity index (χ4v) is 4.34. The number of para-hydroxylation sites is 1. The first-order valence-electron chi connectivity index (χ1n) is 13.5. The Balaban J connectivity index is 2.02. The van der Waals surface area contributed by atoms with Gasteiger partial charge < -0.3 is 14.6 Å². The molecular weight excluding hydrogens is 424 g/mol. The molecule has 0 radical (unpaired) electrons. The van der Waals surface area contributed by atoms with Crippen LogP contribution in [0.4, 0.5) is 0 Å². The van der Waals surface area contributed by atoms with E-state index in [0.29, 0.717) is 19.1 Å². The molecule has 0 bridgehead atoms. The van der Waals surface area contributed by atoms with Gasteiger partial charge in [-0.3, -0.25) is 4.79 Å². The second kappa shape index (κ2) is 15.8. The van der Waals surface area contributed by atoms with Crippen molar-refractivity contribution in [2.75, 3.05) is 13.2 Å². The minimum absolute atomic E-state index is 0.622. The Morgan fingerprint density at radius 1 is 0.941 bits per heavy atom. The van der Waals surface area contributed by atoms with Gasteiger partial charge in [0.1, 0.15) is 11.4 Å². The third kappa shape index (κ3) is 9.29. The van der Waals surface area contributed by atoms with E-state index in [1.807, 2.05) is 36.4 Å². The van der Waals surface area contributed by atoms with Crippen LogP contribution in [0.5, 0.6) is 5.75 Å². The lowest BCUT2D eigenvalue weighted by atomic mass is 9.85. The Morgan fingerprint density at radius 3 is 2.24 bits per heavy atom. The third-order valence-electron chi connectivity index (χ3n) is 6.83. The lowest BCUT2D eigenvalue weighted by Crippen LogP contribution is -2.30. The summed E-state index contributed by atoms with van der Waals surface area (Å²) in [7, 11) is 0. The predicted molar refractivity (Wildman–Crippen MR) is 140 cm³/mol. The number of aliphatic carboxylic acids is 1. The summed E-state index contributed by atoms with van der Waals surface area (Å²) in [4.78, 5) is 11.5. The van der Waals surface area contributed by atoms with E-state index in [9.17, 15) is 9.90 Å². The number of carboxylic acids is 1. The summed E-state index contributed by atoms with van der Waals surface area (Å²) in [5.74, 6) is 0.0465. The van der Waals surface area contributed by atoms with Gasteiger partial charge in [-0.25, -0.2) is 0 Å². The molecule has 0 aliphatic heterocycles. The van der Waals surface area contributed by atoms with Crippen molar-refractivity contribution >= 4 is 5.97 Å². The number of hydrogen-bond acceptors (Lipinski definition) is 3. The van der Waals surface area contributed by atoms with Crippen molar-refractivity contribution in [2.24, 2.45) is 11.8 Å². The molecule has 4 heteroatoms. The van der Waals surface area contributed by atoms with Crippen LogP contribution >= 0.6 is 0 Å². The van der Waals surface area contributed by atoms with E-state index >= 15 is 0 Å². The lowest BCUT2D eigenvalue weighted by molar-refractivity contribution is -0.138. The summed E-state index contributed by atoms with van der Waals surface area (Å²) >= 11 is 0. The van der Waals surface area contributed by atoms with E-state index in [0.717, 1.165) is 37.0 Å². The molecular formula is C30H46O4. The Labute approximate surface area is 207 Å². The minimum Gasteiger partial charge on any atom is -0.493 e. The molecule has 0 fully saturated rings. The highest BCUT2D eigenvalue weighted by Crippen LogP contribution is 2.39. The molecule has 1 aromatic carbocycles. The Kier molecular flexibility index (Phi) is 13.1. The van der Waals surface area contributed by atoms with Crippen molar-refractivity contribution < 1.29 is 19.4 Å². The first-order valence-corrected chi connectivity index (χ1v) is 13.5. The average molecular weight is 471 g/mol. The molecule has 0 amide bonds. The van der Waals surface area contributed by atoms with E-state index in [4.69, 9.17) is 9.47 Å². The van der Waals surface area contributed by atoms with Crippen molar-refractivity contribution in [1.82, 2.24) is 0 Å². The topological polar surface area (TPSA) is 55.8 Å². The van der Waals surface area contributed by atoms with Crippen molar-refractivity contribution in [3.05, 3.63) is 54.1 Å². The largest absolute Gasteiger partial charge is 0.493 e. The minimum atomic E-state index is -0.848. The Bertz CT molecular complexity index is 753. The number of benzene rings is 1. The van der Waals surface area contributed by atoms with Crippen LogP contribution in [-0.2, 0) is 15.1 Å². The van der Waals surface area contributed by atoms with E-state index in [2.05, 4.69) is 20.8 Å². The maximum atomic E-state index is 11.5. The monoisotopic (exact) mass is 470 g/mol. The van der Waals surface area contributed by atoms with Crippen molar-refractivity contribution in [3.63, 3.8) is 0 Å². The van der Waals surface area contributed by atoms with Gasteiger partial charge in [0.15, 0.2) is 0 Å². The standard InChI is InChI=1S/C30H46O4/c1-4-6-7-8-9-10-11-14-24-34-30(21-19-26(20-22-30)29(31)32)27-17-12-13-18-28(27)33-23-15-16-25(3)5-2/h12-13,17-22,25-26H,4-11,14-16,23-24H2,1-3H3,(H,31,32). The van der Waals surface area contributed by atoms with Gasteiger partial charge in [0.05, 0.1) is 12.5 Å². The number of hydrogen-bond donors (Lipinski definition) is 1. The van der Waals surface area contributed by atoms with Gasteiger partial charge in [-0.1, -0.05) is 102 Å². The smallest absolute Gasteiger partial charge is 0.314 e. The molecule has 2 rings (SSSR count). The number of rotatable bonds is 18. The highest BCUT2D eigenvalue weighted by molar-refractivity contribution is 5.75. The summed E-state index contributed by atoms with van der Waals surface area (Å²) in [6.07, 6.45) is 20.6. The molecule has 4 nitrogen and oxygen atoms in total. The molecule has 1 aliphatic rings. The Morgan fingerprint density at radius 2 is 1.59 bits per heavy atom. The first kappa shape index (κ1) is 28.2. The van der Waals surface area contributed by atoms with Crippen LogP contribution in [0.2, 0.25) is 0 Å². The van der Waals surface area contributed by atoms with Crippen molar-refractivity contribution in [2.45, 2.75) is 97.0 Å². The fraction of sp³-hybridized carbons (Fsp3) is 0.633. The van der Waals surface area contributed by atoms with Crippen LogP contribution in [0.15, 0.2) is 48.6 Å². The van der Waals surface area contributed by atoms with Gasteiger partial charge in [-0.2, -0.15) is 0 Å². The molecule has 0 aromatic heterocycles. The molecule has 34 heavy (non-hydrogen) atoms. The van der Waals surface area contributed by atoms with Gasteiger partial charge >= 0.3 is 5.97 Å². The van der Waals surface area contributed by atoms with E-state index in [-0.39, 0.29) is 0 Å². The zero-order chi connectivity index (χ0) is 24.7. The van der Waals surface area contributed by atoms with Crippen LogP contribution in [0.25, 0.3) is 0 Å². The molecule has 0 saturated heterocycles. The molecule has 1 atom stereocenters. The van der Waals surface area contributed by atoms with E-state index in [1.165, 1.54) is 44.9 Å². The lowest BCUT2D eigenvalue weighted by Gasteiger charge is -2.32. The van der Waals surface area contributed by atoms with Gasteiger partial charge in [0.25, 0.3) is 0 Å². The molecule has 1 unspecified atom stereocenters. The Hall–Kier alpha value is -2.07. The maximum absolute atomic E-state index is 11.5. The summed E-state index contributed by atoms with van der Waals surface area (Å²) in [5.41, 5.74) is 0.148. The highest BCUT2D eigenvalue weighted by atomic mass is 16.5. The van der Waals surface area contributed by atoms with Crippen LogP contribution in [0, 0.1) is 11.8 Å². The van der Waals surface area contributed by atoms with Gasteiger partial charge in [0.2, 0.25) is 0 Å². The normalized spacial score (nSPS) is 20.4. The van der Waals surface area contributed by atoms with Crippen LogP contribution in [-0.4, -0.2) is 24.3 Å². The van der Waals surface area contributed by atoms with Crippen LogP contribution in [0.3, 0.4) is 0 Å². The summed E-state index contributed by atoms with van der Waals surface area (Å²) in [5, 5.41) is 9.42. The second-order valence-electron chi connectivity index (χ2n) is 9.70. The molecule has 190 valence electrons. The zero-order valence-corrected chi connectivity index (χ0v) is 21.6. The van der Waals surface area contributed by atoms with Gasteiger partial charge in [-0.15, -0.1) is 0 Å². The zero-order valence-electron chi connectivity index (χ0n) is 21.6. The predicted octanol–water partition coefficient (Wildman–Crippen LogP) is 8.07. The molecule has 1 aliphatic carbocycles. The van der Waals surface area contributed by atoms with E-state index < -0.39 is 17.5 Å². The molecule has 1 N–H and O–H groups in total. The van der Waals surface area contributed by atoms with Crippen LogP contribution in [0.1, 0.15) is 97.0 Å². The van der Waals surface area contributed by atoms with E-state index in [1.54, 1.807) is 12.2 Å². The van der Waals surface area contributed by atoms with Crippen molar-refractivity contribution in [3.8, 4) is 5.75 Å². The molecule has 0 saturated carbocycles. The summed E-state index contributed by atoms with van der Waals surface area (Å²) < 4.78 is 12.7. The number of unbranched alkanes of at least 4 members (excludes halogenated alkanes) is 7. The van der Waals surface area contributed by atoms with Crippen LogP contribution < -0.4 is 4.74 Å².